The van der Waals surface area contributed by atoms with Crippen molar-refractivity contribution in [3.05, 3.63) is 0 Å². The van der Waals surface area contributed by atoms with Crippen molar-refractivity contribution in [1.29, 1.82) is 0 Å². The van der Waals surface area contributed by atoms with Gasteiger partial charge in [0.2, 0.25) is 0 Å². The van der Waals surface area contributed by atoms with Crippen molar-refractivity contribution in [2.75, 3.05) is 13.7 Å². The minimum Gasteiger partial charge on any atom is -0.468 e. The van der Waals surface area contributed by atoms with E-state index in [1.54, 1.807) is 0 Å². The summed E-state index contributed by atoms with van der Waals surface area (Å²) in [5.41, 5.74) is 0. The van der Waals surface area contributed by atoms with Crippen molar-refractivity contribution in [3.63, 3.8) is 0 Å². The van der Waals surface area contributed by atoms with E-state index in [0.717, 1.165) is 19.4 Å². The molecule has 0 radical (unpaired) electrons. The number of hydrogen-bond donors (Lipinski definition) is 1. The number of methoxy groups -OCH3 is 1. The molecule has 1 aliphatic heterocycles. The summed E-state index contributed by atoms with van der Waals surface area (Å²) >= 11 is 0. The lowest BCUT2D eigenvalue weighted by Crippen LogP contribution is -2.50. The van der Waals surface area contributed by atoms with Gasteiger partial charge in [0, 0.05) is 12.6 Å². The number of hydrogen-bond acceptors (Lipinski definition) is 4. The highest BCUT2D eigenvalue weighted by molar-refractivity contribution is 5.75. The number of esters is 1. The van der Waals surface area contributed by atoms with Gasteiger partial charge in [-0.3, -0.25) is 4.79 Å². The maximum atomic E-state index is 11.7. The highest BCUT2D eigenvalue weighted by Crippen LogP contribution is 2.21. The van der Waals surface area contributed by atoms with Crippen LogP contribution in [0.15, 0.2) is 0 Å². The van der Waals surface area contributed by atoms with Crippen LogP contribution in [-0.4, -0.2) is 37.9 Å². The SMILES string of the molecule is COC(=O)C(NC1CCOC(C(C)C)C1)C(C)C. The monoisotopic (exact) mass is 257 g/mol. The van der Waals surface area contributed by atoms with E-state index in [0.29, 0.717) is 18.1 Å². The van der Waals surface area contributed by atoms with E-state index >= 15 is 0 Å². The number of nitrogens with one attached hydrogen (secondary N) is 1. The first-order chi connectivity index (χ1) is 8.45. The Bertz CT molecular complexity index is 266. The summed E-state index contributed by atoms with van der Waals surface area (Å²) in [6.07, 6.45) is 2.23. The second-order valence-electron chi connectivity index (χ2n) is 5.79. The minimum absolute atomic E-state index is 0.169. The Morgan fingerprint density at radius 2 is 2.00 bits per heavy atom. The molecule has 106 valence electrons. The molecule has 4 heteroatoms. The van der Waals surface area contributed by atoms with Gasteiger partial charge in [-0.2, -0.15) is 0 Å². The molecule has 1 fully saturated rings. The zero-order chi connectivity index (χ0) is 13.7. The van der Waals surface area contributed by atoms with Gasteiger partial charge in [0.15, 0.2) is 0 Å². The lowest BCUT2D eigenvalue weighted by atomic mass is 9.93. The van der Waals surface area contributed by atoms with Gasteiger partial charge < -0.3 is 14.8 Å². The fourth-order valence-electron chi connectivity index (χ4n) is 2.36. The van der Waals surface area contributed by atoms with Crippen LogP contribution in [0.25, 0.3) is 0 Å². The fraction of sp³-hybridized carbons (Fsp3) is 0.929. The molecule has 0 spiro atoms. The second kappa shape index (κ2) is 7.10. The summed E-state index contributed by atoms with van der Waals surface area (Å²) in [5.74, 6) is 0.584. The molecule has 18 heavy (non-hydrogen) atoms. The molecule has 3 unspecified atom stereocenters. The third-order valence-electron chi connectivity index (χ3n) is 3.60. The van der Waals surface area contributed by atoms with Gasteiger partial charge in [0.1, 0.15) is 6.04 Å². The lowest BCUT2D eigenvalue weighted by Gasteiger charge is -2.35. The van der Waals surface area contributed by atoms with Gasteiger partial charge in [-0.25, -0.2) is 0 Å². The normalized spacial score (nSPS) is 26.4. The summed E-state index contributed by atoms with van der Waals surface area (Å²) in [6, 6.07) is 0.128. The summed E-state index contributed by atoms with van der Waals surface area (Å²) < 4.78 is 10.6. The number of carbonyl (C=O) groups is 1. The van der Waals surface area contributed by atoms with Gasteiger partial charge in [-0.1, -0.05) is 27.7 Å². The predicted molar refractivity (Wildman–Crippen MR) is 71.4 cm³/mol. The van der Waals surface area contributed by atoms with Crippen LogP contribution in [0, 0.1) is 11.8 Å². The molecular formula is C14H27NO3. The van der Waals surface area contributed by atoms with E-state index in [1.807, 2.05) is 13.8 Å². The van der Waals surface area contributed by atoms with Crippen LogP contribution in [-0.2, 0) is 14.3 Å². The van der Waals surface area contributed by atoms with E-state index in [4.69, 9.17) is 9.47 Å². The number of ether oxygens (including phenoxy) is 2. The van der Waals surface area contributed by atoms with Crippen molar-refractivity contribution < 1.29 is 14.3 Å². The van der Waals surface area contributed by atoms with Crippen LogP contribution in [0.4, 0.5) is 0 Å². The van der Waals surface area contributed by atoms with E-state index in [2.05, 4.69) is 19.2 Å². The van der Waals surface area contributed by atoms with Gasteiger partial charge >= 0.3 is 5.97 Å². The standard InChI is InChI=1S/C14H27NO3/c1-9(2)12-8-11(6-7-18-12)15-13(10(3)4)14(16)17-5/h9-13,15H,6-8H2,1-5H3. The smallest absolute Gasteiger partial charge is 0.323 e. The molecule has 0 amide bonds. The van der Waals surface area contributed by atoms with Crippen LogP contribution < -0.4 is 5.32 Å². The quantitative estimate of drug-likeness (QED) is 0.765. The summed E-state index contributed by atoms with van der Waals surface area (Å²) in [5, 5.41) is 3.44. The Kier molecular flexibility index (Phi) is 6.09. The molecule has 0 aliphatic carbocycles. The number of rotatable bonds is 5. The van der Waals surface area contributed by atoms with E-state index in [1.165, 1.54) is 7.11 Å². The van der Waals surface area contributed by atoms with Crippen LogP contribution >= 0.6 is 0 Å². The minimum atomic E-state index is -0.217. The van der Waals surface area contributed by atoms with Crippen LogP contribution in [0.5, 0.6) is 0 Å². The van der Waals surface area contributed by atoms with Crippen LogP contribution in [0.2, 0.25) is 0 Å². The molecule has 0 bridgehead atoms. The van der Waals surface area contributed by atoms with E-state index in [9.17, 15) is 4.79 Å². The average Bonchev–Trinajstić information content (AvgIpc) is 2.35. The second-order valence-corrected chi connectivity index (χ2v) is 5.79. The van der Waals surface area contributed by atoms with Gasteiger partial charge in [0.05, 0.1) is 13.2 Å². The number of carbonyl (C=O) groups excluding carboxylic acids is 1. The molecule has 0 aromatic carbocycles. The van der Waals surface area contributed by atoms with Crippen molar-refractivity contribution >= 4 is 5.97 Å². The maximum absolute atomic E-state index is 11.7. The third-order valence-corrected chi connectivity index (χ3v) is 3.60. The topological polar surface area (TPSA) is 47.6 Å². The predicted octanol–water partition coefficient (Wildman–Crippen LogP) is 1.98. The van der Waals surface area contributed by atoms with Crippen molar-refractivity contribution in [3.8, 4) is 0 Å². The van der Waals surface area contributed by atoms with Crippen molar-refractivity contribution in [2.45, 2.75) is 58.7 Å². The molecular weight excluding hydrogens is 230 g/mol. The molecule has 1 N–H and O–H groups in total. The first-order valence-electron chi connectivity index (χ1n) is 6.91. The zero-order valence-electron chi connectivity index (χ0n) is 12.2. The Balaban J connectivity index is 2.55. The first-order valence-corrected chi connectivity index (χ1v) is 6.91. The average molecular weight is 257 g/mol. The van der Waals surface area contributed by atoms with E-state index in [-0.39, 0.29) is 17.9 Å². The zero-order valence-corrected chi connectivity index (χ0v) is 12.2. The Hall–Kier alpha value is -0.610. The lowest BCUT2D eigenvalue weighted by molar-refractivity contribution is -0.145. The molecule has 1 aliphatic rings. The third kappa shape index (κ3) is 4.25. The maximum Gasteiger partial charge on any atom is 0.323 e. The van der Waals surface area contributed by atoms with Crippen LogP contribution in [0.1, 0.15) is 40.5 Å². The summed E-state index contributed by atoms with van der Waals surface area (Å²) in [4.78, 5) is 11.7. The molecule has 3 atom stereocenters. The highest BCUT2D eigenvalue weighted by atomic mass is 16.5. The largest absolute Gasteiger partial charge is 0.468 e. The Morgan fingerprint density at radius 3 is 2.50 bits per heavy atom. The molecule has 0 aromatic rings. The van der Waals surface area contributed by atoms with E-state index < -0.39 is 0 Å². The Labute approximate surface area is 110 Å². The molecule has 1 rings (SSSR count). The molecule has 1 heterocycles. The van der Waals surface area contributed by atoms with Crippen molar-refractivity contribution in [2.24, 2.45) is 11.8 Å². The molecule has 1 saturated heterocycles. The van der Waals surface area contributed by atoms with Gasteiger partial charge in [-0.15, -0.1) is 0 Å². The van der Waals surface area contributed by atoms with Gasteiger partial charge in [-0.05, 0) is 24.7 Å². The molecule has 0 aromatic heterocycles. The van der Waals surface area contributed by atoms with Crippen molar-refractivity contribution in [1.82, 2.24) is 5.32 Å². The fourth-order valence-corrected chi connectivity index (χ4v) is 2.36. The van der Waals surface area contributed by atoms with Crippen LogP contribution in [0.3, 0.4) is 0 Å². The highest BCUT2D eigenvalue weighted by Gasteiger charge is 2.30. The van der Waals surface area contributed by atoms with Gasteiger partial charge in [0.25, 0.3) is 0 Å². The molecule has 0 saturated carbocycles. The summed E-state index contributed by atoms with van der Waals surface area (Å²) in [6.45, 7) is 9.19. The Morgan fingerprint density at radius 1 is 1.33 bits per heavy atom. The first kappa shape index (κ1) is 15.4. The summed E-state index contributed by atoms with van der Waals surface area (Å²) in [7, 11) is 1.44. The molecule has 4 nitrogen and oxygen atoms in total.